The Kier molecular flexibility index (Phi) is 3.86. The average Bonchev–Trinajstić information content (AvgIpc) is 2.15. The van der Waals surface area contributed by atoms with Crippen molar-refractivity contribution in [2.75, 3.05) is 0 Å². The SMILES string of the molecule is C=C(Cc1ccc(C(C)(C)C)cc1)C(C)(C)C. The summed E-state index contributed by atoms with van der Waals surface area (Å²) in [5.74, 6) is 0. The highest BCUT2D eigenvalue weighted by Crippen LogP contribution is 2.28. The summed E-state index contributed by atoms with van der Waals surface area (Å²) < 4.78 is 0. The number of rotatable bonds is 2. The second-order valence-corrected chi connectivity index (χ2v) is 6.98. The topological polar surface area (TPSA) is 0 Å². The molecular weight excluding hydrogens is 204 g/mol. The number of hydrogen-bond donors (Lipinski definition) is 0. The second kappa shape index (κ2) is 4.68. The minimum absolute atomic E-state index is 0.197. The van der Waals surface area contributed by atoms with E-state index in [0.717, 1.165) is 6.42 Å². The molecule has 0 bridgehead atoms. The summed E-state index contributed by atoms with van der Waals surface area (Å²) in [7, 11) is 0. The summed E-state index contributed by atoms with van der Waals surface area (Å²) in [5, 5.41) is 0. The molecule has 0 unspecified atom stereocenters. The first-order valence-electron chi connectivity index (χ1n) is 6.38. The zero-order valence-electron chi connectivity index (χ0n) is 12.2. The largest absolute Gasteiger partial charge is 0.0990 e. The Bertz CT molecular complexity index is 380. The van der Waals surface area contributed by atoms with Crippen LogP contribution in [0.3, 0.4) is 0 Å². The van der Waals surface area contributed by atoms with Crippen LogP contribution in [-0.4, -0.2) is 0 Å². The fourth-order valence-corrected chi connectivity index (χ4v) is 1.63. The number of benzene rings is 1. The van der Waals surface area contributed by atoms with E-state index in [-0.39, 0.29) is 10.8 Å². The van der Waals surface area contributed by atoms with E-state index < -0.39 is 0 Å². The lowest BCUT2D eigenvalue weighted by molar-refractivity contribution is 0.493. The quantitative estimate of drug-likeness (QED) is 0.618. The molecule has 0 amide bonds. The zero-order chi connectivity index (χ0) is 13.3. The van der Waals surface area contributed by atoms with Gasteiger partial charge in [0.25, 0.3) is 0 Å². The van der Waals surface area contributed by atoms with Gasteiger partial charge in [-0.3, -0.25) is 0 Å². The van der Waals surface area contributed by atoms with Gasteiger partial charge in [-0.25, -0.2) is 0 Å². The molecule has 1 aromatic rings. The summed E-state index contributed by atoms with van der Waals surface area (Å²) in [4.78, 5) is 0. The van der Waals surface area contributed by atoms with Crippen molar-refractivity contribution in [1.82, 2.24) is 0 Å². The van der Waals surface area contributed by atoms with Gasteiger partial charge in [0.05, 0.1) is 0 Å². The lowest BCUT2D eigenvalue weighted by Gasteiger charge is -2.23. The van der Waals surface area contributed by atoms with E-state index in [4.69, 9.17) is 0 Å². The smallest absolute Gasteiger partial charge is 0.00646 e. The molecule has 17 heavy (non-hydrogen) atoms. The molecule has 0 aromatic heterocycles. The van der Waals surface area contributed by atoms with Crippen LogP contribution in [0.15, 0.2) is 36.4 Å². The first-order chi connectivity index (χ1) is 7.60. The Hall–Kier alpha value is -1.04. The van der Waals surface area contributed by atoms with Crippen LogP contribution in [0.25, 0.3) is 0 Å². The molecule has 0 atom stereocenters. The van der Waals surface area contributed by atoms with Crippen LogP contribution in [0, 0.1) is 5.41 Å². The van der Waals surface area contributed by atoms with Crippen molar-refractivity contribution in [3.63, 3.8) is 0 Å². The lowest BCUT2D eigenvalue weighted by Crippen LogP contribution is -2.12. The van der Waals surface area contributed by atoms with Crippen molar-refractivity contribution in [3.05, 3.63) is 47.5 Å². The molecule has 0 saturated heterocycles. The van der Waals surface area contributed by atoms with Gasteiger partial charge in [0, 0.05) is 0 Å². The van der Waals surface area contributed by atoms with Crippen LogP contribution in [0.5, 0.6) is 0 Å². The fraction of sp³-hybridized carbons (Fsp3) is 0.529. The molecule has 94 valence electrons. The summed E-state index contributed by atoms with van der Waals surface area (Å²) in [6.07, 6.45) is 0.980. The molecule has 0 heterocycles. The summed E-state index contributed by atoms with van der Waals surface area (Å²) in [6.45, 7) is 17.6. The highest BCUT2D eigenvalue weighted by atomic mass is 14.2. The van der Waals surface area contributed by atoms with Crippen LogP contribution in [0.1, 0.15) is 52.7 Å². The van der Waals surface area contributed by atoms with Gasteiger partial charge in [-0.1, -0.05) is 78.0 Å². The van der Waals surface area contributed by atoms with E-state index in [1.54, 1.807) is 0 Å². The van der Waals surface area contributed by atoms with Crippen LogP contribution in [0.4, 0.5) is 0 Å². The average molecular weight is 230 g/mol. The van der Waals surface area contributed by atoms with Crippen molar-refractivity contribution < 1.29 is 0 Å². The van der Waals surface area contributed by atoms with Gasteiger partial charge in [-0.05, 0) is 28.4 Å². The first-order valence-corrected chi connectivity index (χ1v) is 6.38. The highest BCUT2D eigenvalue weighted by molar-refractivity contribution is 5.30. The first kappa shape index (κ1) is 14.0. The molecule has 1 rings (SSSR count). The molecule has 0 N–H and O–H groups in total. The molecule has 0 fully saturated rings. The summed E-state index contributed by atoms with van der Waals surface area (Å²) in [6, 6.07) is 8.95. The lowest BCUT2D eigenvalue weighted by atomic mass is 9.82. The molecule has 0 saturated carbocycles. The van der Waals surface area contributed by atoms with Gasteiger partial charge >= 0.3 is 0 Å². The Morgan fingerprint density at radius 1 is 0.941 bits per heavy atom. The Balaban J connectivity index is 2.80. The molecule has 0 aliphatic carbocycles. The third-order valence-electron chi connectivity index (χ3n) is 3.30. The van der Waals surface area contributed by atoms with Crippen molar-refractivity contribution in [1.29, 1.82) is 0 Å². The van der Waals surface area contributed by atoms with E-state index in [2.05, 4.69) is 72.4 Å². The van der Waals surface area contributed by atoms with Crippen molar-refractivity contribution in [2.45, 2.75) is 53.4 Å². The van der Waals surface area contributed by atoms with Gasteiger partial charge in [-0.15, -0.1) is 0 Å². The molecule has 0 spiro atoms. The van der Waals surface area contributed by atoms with Crippen LogP contribution in [-0.2, 0) is 11.8 Å². The van der Waals surface area contributed by atoms with Gasteiger partial charge in [0.15, 0.2) is 0 Å². The van der Waals surface area contributed by atoms with Gasteiger partial charge in [0.2, 0.25) is 0 Å². The number of allylic oxidation sites excluding steroid dienone is 1. The van der Waals surface area contributed by atoms with Crippen LogP contribution < -0.4 is 0 Å². The van der Waals surface area contributed by atoms with E-state index in [0.29, 0.717) is 0 Å². The third kappa shape index (κ3) is 4.03. The monoisotopic (exact) mass is 230 g/mol. The molecular formula is C17H26. The fourth-order valence-electron chi connectivity index (χ4n) is 1.63. The maximum Gasteiger partial charge on any atom is -0.00646 e. The van der Waals surface area contributed by atoms with Crippen molar-refractivity contribution >= 4 is 0 Å². The van der Waals surface area contributed by atoms with Gasteiger partial charge in [0.1, 0.15) is 0 Å². The Morgan fingerprint density at radius 2 is 1.41 bits per heavy atom. The van der Waals surface area contributed by atoms with E-state index >= 15 is 0 Å². The maximum atomic E-state index is 4.19. The normalized spacial score (nSPS) is 12.6. The zero-order valence-corrected chi connectivity index (χ0v) is 12.2. The Morgan fingerprint density at radius 3 is 1.76 bits per heavy atom. The van der Waals surface area contributed by atoms with Crippen molar-refractivity contribution in [3.8, 4) is 0 Å². The predicted octanol–water partition coefficient (Wildman–Crippen LogP) is 5.13. The van der Waals surface area contributed by atoms with E-state index in [1.165, 1.54) is 16.7 Å². The summed E-state index contributed by atoms with van der Waals surface area (Å²) in [5.41, 5.74) is 4.48. The van der Waals surface area contributed by atoms with Crippen LogP contribution in [0.2, 0.25) is 0 Å². The van der Waals surface area contributed by atoms with E-state index in [9.17, 15) is 0 Å². The minimum atomic E-state index is 0.197. The molecule has 0 heteroatoms. The number of hydrogen-bond acceptors (Lipinski definition) is 0. The van der Waals surface area contributed by atoms with Gasteiger partial charge < -0.3 is 0 Å². The summed E-state index contributed by atoms with van der Waals surface area (Å²) >= 11 is 0. The van der Waals surface area contributed by atoms with Crippen LogP contribution >= 0.6 is 0 Å². The molecule has 0 aliphatic heterocycles. The minimum Gasteiger partial charge on any atom is -0.0990 e. The maximum absolute atomic E-state index is 4.19. The third-order valence-corrected chi connectivity index (χ3v) is 3.30. The Labute approximate surface area is 107 Å². The predicted molar refractivity (Wildman–Crippen MR) is 77.4 cm³/mol. The van der Waals surface area contributed by atoms with E-state index in [1.807, 2.05) is 0 Å². The molecule has 0 radical (unpaired) electrons. The molecule has 0 aliphatic rings. The highest BCUT2D eigenvalue weighted by Gasteiger charge is 2.16. The molecule has 1 aromatic carbocycles. The second-order valence-electron chi connectivity index (χ2n) is 6.98. The van der Waals surface area contributed by atoms with Crippen molar-refractivity contribution in [2.24, 2.45) is 5.41 Å². The molecule has 0 nitrogen and oxygen atoms in total. The standard InChI is InChI=1S/C17H26/c1-13(16(2,3)4)12-14-8-10-15(11-9-14)17(5,6)7/h8-11H,1,12H2,2-7H3. The van der Waals surface area contributed by atoms with Gasteiger partial charge in [-0.2, -0.15) is 0 Å².